The average Bonchev–Trinajstić information content (AvgIpc) is 2.77. The van der Waals surface area contributed by atoms with E-state index in [9.17, 15) is 15.4 Å². The summed E-state index contributed by atoms with van der Waals surface area (Å²) < 4.78 is 0. The van der Waals surface area contributed by atoms with Crippen molar-refractivity contribution in [2.24, 2.45) is 0 Å². The van der Waals surface area contributed by atoms with Gasteiger partial charge in [0.05, 0.1) is 22.1 Å². The van der Waals surface area contributed by atoms with Gasteiger partial charge in [0.15, 0.2) is 0 Å². The van der Waals surface area contributed by atoms with E-state index in [4.69, 9.17) is 0 Å². The number of hydrogen-bond acceptors (Lipinski definition) is 6. The lowest BCUT2D eigenvalue weighted by Gasteiger charge is -2.09. The molecule has 2 aromatic carbocycles. The number of nitro benzene ring substituents is 1. The molecule has 0 fully saturated rings. The molecule has 0 saturated heterocycles. The van der Waals surface area contributed by atoms with E-state index in [-0.39, 0.29) is 5.69 Å². The van der Waals surface area contributed by atoms with Crippen LogP contribution >= 0.6 is 0 Å². The minimum absolute atomic E-state index is 0.0646. The molecule has 0 spiro atoms. The molecular weight excluding hydrogens is 366 g/mol. The number of nitrogens with one attached hydrogen (secondary N) is 1. The van der Waals surface area contributed by atoms with Gasteiger partial charge >= 0.3 is 0 Å². The zero-order chi connectivity index (χ0) is 20.2. The van der Waals surface area contributed by atoms with E-state index in [0.29, 0.717) is 28.8 Å². The van der Waals surface area contributed by atoms with Crippen LogP contribution in [0, 0.1) is 21.4 Å². The van der Waals surface area contributed by atoms with Crippen LogP contribution in [-0.2, 0) is 6.54 Å². The summed E-state index contributed by atoms with van der Waals surface area (Å²) in [7, 11) is 0. The maximum Gasteiger partial charge on any atom is 0.270 e. The number of benzene rings is 2. The van der Waals surface area contributed by atoms with Crippen molar-refractivity contribution in [2.75, 3.05) is 5.32 Å². The molecule has 0 bridgehead atoms. The Hall–Kier alpha value is -4.31. The second-order valence-corrected chi connectivity index (χ2v) is 6.42. The Bertz CT molecular complexity index is 1230. The van der Waals surface area contributed by atoms with Crippen molar-refractivity contribution in [1.29, 1.82) is 5.26 Å². The second kappa shape index (κ2) is 7.74. The molecule has 0 saturated carbocycles. The van der Waals surface area contributed by atoms with Crippen LogP contribution in [0.25, 0.3) is 22.0 Å². The summed E-state index contributed by atoms with van der Waals surface area (Å²) in [5, 5.41) is 24.1. The Morgan fingerprint density at radius 3 is 2.59 bits per heavy atom. The smallest absolute Gasteiger partial charge is 0.270 e. The van der Waals surface area contributed by atoms with Crippen LogP contribution in [0.15, 0.2) is 73.1 Å². The van der Waals surface area contributed by atoms with Gasteiger partial charge in [0.2, 0.25) is 0 Å². The summed E-state index contributed by atoms with van der Waals surface area (Å²) in [5.74, 6) is 0.541. The number of pyridine rings is 2. The highest BCUT2D eigenvalue weighted by molar-refractivity contribution is 5.88. The highest BCUT2D eigenvalue weighted by Gasteiger charge is 2.11. The molecule has 140 valence electrons. The third-order valence-corrected chi connectivity index (χ3v) is 4.55. The molecule has 7 nitrogen and oxygen atoms in total. The standard InChI is InChI=1S/C22H15N5O2/c23-12-18-10-22(26-21-8-7-19(27(28)29)11-20(18)21)25-13-15-3-5-16(6-4-15)17-2-1-9-24-14-17/h1-11,14H,13H2,(H,25,26). The largest absolute Gasteiger partial charge is 0.366 e. The topological polar surface area (TPSA) is 105 Å². The van der Waals surface area contributed by atoms with Crippen LogP contribution in [0.2, 0.25) is 0 Å². The Balaban J connectivity index is 1.54. The number of fused-ring (bicyclic) bond motifs is 1. The van der Waals surface area contributed by atoms with Gasteiger partial charge in [0.1, 0.15) is 5.82 Å². The normalized spacial score (nSPS) is 10.4. The van der Waals surface area contributed by atoms with E-state index >= 15 is 0 Å². The summed E-state index contributed by atoms with van der Waals surface area (Å²) >= 11 is 0. The number of non-ortho nitro benzene ring substituents is 1. The Kier molecular flexibility index (Phi) is 4.82. The fourth-order valence-corrected chi connectivity index (χ4v) is 3.05. The van der Waals surface area contributed by atoms with Gasteiger partial charge in [-0.2, -0.15) is 5.26 Å². The average molecular weight is 381 g/mol. The minimum atomic E-state index is -0.484. The Morgan fingerprint density at radius 1 is 1.07 bits per heavy atom. The van der Waals surface area contributed by atoms with E-state index in [1.807, 2.05) is 42.6 Å². The van der Waals surface area contributed by atoms with E-state index in [1.54, 1.807) is 18.3 Å². The number of nitro groups is 1. The monoisotopic (exact) mass is 381 g/mol. The molecule has 1 N–H and O–H groups in total. The molecule has 0 aliphatic heterocycles. The third-order valence-electron chi connectivity index (χ3n) is 4.55. The van der Waals surface area contributed by atoms with Crippen LogP contribution < -0.4 is 5.32 Å². The molecular formula is C22H15N5O2. The fourth-order valence-electron chi connectivity index (χ4n) is 3.05. The van der Waals surface area contributed by atoms with Crippen molar-refractivity contribution < 1.29 is 4.92 Å². The lowest BCUT2D eigenvalue weighted by atomic mass is 10.1. The molecule has 29 heavy (non-hydrogen) atoms. The van der Waals surface area contributed by atoms with Crippen molar-refractivity contribution in [2.45, 2.75) is 6.54 Å². The third kappa shape index (κ3) is 3.87. The van der Waals surface area contributed by atoms with E-state index in [0.717, 1.165) is 16.7 Å². The molecule has 2 heterocycles. The molecule has 0 aliphatic carbocycles. The highest BCUT2D eigenvalue weighted by atomic mass is 16.6. The molecule has 0 amide bonds. The number of rotatable bonds is 5. The zero-order valence-corrected chi connectivity index (χ0v) is 15.2. The first-order chi connectivity index (χ1) is 14.1. The molecule has 2 aromatic heterocycles. The summed E-state index contributed by atoms with van der Waals surface area (Å²) in [4.78, 5) is 19.1. The number of anilines is 1. The maximum absolute atomic E-state index is 11.0. The van der Waals surface area contributed by atoms with Gasteiger partial charge in [-0.1, -0.05) is 30.3 Å². The summed E-state index contributed by atoms with van der Waals surface area (Å²) in [6, 6.07) is 20.0. The van der Waals surface area contributed by atoms with Gasteiger partial charge in [0, 0.05) is 36.5 Å². The first kappa shape index (κ1) is 18.1. The van der Waals surface area contributed by atoms with Crippen LogP contribution in [-0.4, -0.2) is 14.9 Å². The minimum Gasteiger partial charge on any atom is -0.366 e. The van der Waals surface area contributed by atoms with E-state index in [1.165, 1.54) is 12.1 Å². The van der Waals surface area contributed by atoms with Gasteiger partial charge in [-0.15, -0.1) is 0 Å². The van der Waals surface area contributed by atoms with Crippen LogP contribution in [0.5, 0.6) is 0 Å². The lowest BCUT2D eigenvalue weighted by Crippen LogP contribution is -2.02. The van der Waals surface area contributed by atoms with Crippen molar-refractivity contribution in [3.05, 3.63) is 94.3 Å². The van der Waals surface area contributed by atoms with E-state index in [2.05, 4.69) is 21.4 Å². The highest BCUT2D eigenvalue weighted by Crippen LogP contribution is 2.25. The van der Waals surface area contributed by atoms with Crippen LogP contribution in [0.4, 0.5) is 11.5 Å². The van der Waals surface area contributed by atoms with Crippen molar-refractivity contribution >= 4 is 22.4 Å². The Labute approximate surface area is 166 Å². The second-order valence-electron chi connectivity index (χ2n) is 6.42. The quantitative estimate of drug-likeness (QED) is 0.397. The first-order valence-electron chi connectivity index (χ1n) is 8.86. The predicted octanol–water partition coefficient (Wildman–Crippen LogP) is 4.69. The van der Waals surface area contributed by atoms with Gasteiger partial charge in [-0.3, -0.25) is 15.1 Å². The van der Waals surface area contributed by atoms with Gasteiger partial charge < -0.3 is 5.32 Å². The number of nitrogens with zero attached hydrogens (tertiary/aromatic N) is 4. The summed E-state index contributed by atoms with van der Waals surface area (Å²) in [6.45, 7) is 0.531. The zero-order valence-electron chi connectivity index (χ0n) is 15.2. The number of nitriles is 1. The van der Waals surface area contributed by atoms with Crippen LogP contribution in [0.1, 0.15) is 11.1 Å². The van der Waals surface area contributed by atoms with Gasteiger partial charge in [0.25, 0.3) is 5.69 Å². The van der Waals surface area contributed by atoms with Crippen molar-refractivity contribution in [1.82, 2.24) is 9.97 Å². The van der Waals surface area contributed by atoms with Gasteiger partial charge in [-0.05, 0) is 34.9 Å². The summed E-state index contributed by atoms with van der Waals surface area (Å²) in [5.41, 5.74) is 4.00. The molecule has 4 rings (SSSR count). The molecule has 0 unspecified atom stereocenters. The Morgan fingerprint density at radius 2 is 1.90 bits per heavy atom. The molecule has 4 aromatic rings. The van der Waals surface area contributed by atoms with Crippen molar-refractivity contribution in [3.63, 3.8) is 0 Å². The molecule has 7 heteroatoms. The van der Waals surface area contributed by atoms with Gasteiger partial charge in [-0.25, -0.2) is 4.98 Å². The van der Waals surface area contributed by atoms with Crippen molar-refractivity contribution in [3.8, 4) is 17.2 Å². The predicted molar refractivity (Wildman–Crippen MR) is 110 cm³/mol. The molecule has 0 radical (unpaired) electrons. The number of hydrogen-bond donors (Lipinski definition) is 1. The number of aromatic nitrogens is 2. The lowest BCUT2D eigenvalue weighted by molar-refractivity contribution is -0.384. The van der Waals surface area contributed by atoms with E-state index < -0.39 is 4.92 Å². The molecule has 0 atom stereocenters. The fraction of sp³-hybridized carbons (Fsp3) is 0.0455. The van der Waals surface area contributed by atoms with Crippen LogP contribution in [0.3, 0.4) is 0 Å². The SMILES string of the molecule is N#Cc1cc(NCc2ccc(-c3cccnc3)cc2)nc2ccc([N+](=O)[O-])cc12. The molecule has 0 aliphatic rings. The first-order valence-corrected chi connectivity index (χ1v) is 8.86. The summed E-state index contributed by atoms with van der Waals surface area (Å²) in [6.07, 6.45) is 3.56. The maximum atomic E-state index is 11.0.